The molecule has 1 heterocycles. The Morgan fingerprint density at radius 1 is 1.33 bits per heavy atom. The summed E-state index contributed by atoms with van der Waals surface area (Å²) in [5.74, 6) is -1.48. The fourth-order valence-corrected chi connectivity index (χ4v) is 2.59. The number of hydrogen-bond donors (Lipinski definition) is 2. The van der Waals surface area contributed by atoms with Crippen LogP contribution in [0.4, 0.5) is 5.69 Å². The second kappa shape index (κ2) is 6.04. The van der Waals surface area contributed by atoms with Crippen LogP contribution in [0.25, 0.3) is 0 Å². The zero-order valence-corrected chi connectivity index (χ0v) is 13.0. The minimum atomic E-state index is -1.05. The molecule has 2 aromatic rings. The number of nitrogens with one attached hydrogen (secondary N) is 1. The molecule has 0 aliphatic rings. The lowest BCUT2D eigenvalue weighted by molar-refractivity contribution is -0.137. The van der Waals surface area contributed by atoms with Crippen LogP contribution in [0.5, 0.6) is 0 Å². The molecule has 2 N–H and O–H groups in total. The number of carbonyl (C=O) groups is 2. The van der Waals surface area contributed by atoms with Gasteiger partial charge in [0, 0.05) is 10.2 Å². The fraction of sp³-hybridized carbons (Fsp3) is 0.231. The third-order valence-electron chi connectivity index (χ3n) is 2.80. The summed E-state index contributed by atoms with van der Waals surface area (Å²) >= 11 is 3.39. The van der Waals surface area contributed by atoms with Gasteiger partial charge in [0.25, 0.3) is 5.91 Å². The Kier molecular flexibility index (Phi) is 4.37. The lowest BCUT2D eigenvalue weighted by atomic mass is 10.1. The van der Waals surface area contributed by atoms with Crippen LogP contribution in [0.15, 0.2) is 22.8 Å². The Bertz CT molecular complexity index is 688. The zero-order valence-electron chi connectivity index (χ0n) is 11.4. The van der Waals surface area contributed by atoms with Crippen LogP contribution < -0.4 is 5.32 Å². The van der Waals surface area contributed by atoms with Crippen molar-refractivity contribution in [1.29, 1.82) is 0 Å². The summed E-state index contributed by atoms with van der Waals surface area (Å²) in [7, 11) is 0. The first-order chi connectivity index (χ1) is 9.86. The topological polar surface area (TPSA) is 97.1 Å². The minimum Gasteiger partial charge on any atom is -0.480 e. The normalized spacial score (nSPS) is 10.4. The van der Waals surface area contributed by atoms with Crippen LogP contribution in [-0.4, -0.2) is 32.0 Å². The number of aryl methyl sites for hydroxylation is 2. The van der Waals surface area contributed by atoms with E-state index >= 15 is 0 Å². The second-order valence-corrected chi connectivity index (χ2v) is 5.48. The SMILES string of the molecule is Cc1cc(Br)cc(C)c1NC(=O)c1cn(CC(=O)O)nn1. The summed E-state index contributed by atoms with van der Waals surface area (Å²) in [5, 5.41) is 18.7. The van der Waals surface area contributed by atoms with Gasteiger partial charge in [0.05, 0.1) is 6.20 Å². The smallest absolute Gasteiger partial charge is 0.325 e. The highest BCUT2D eigenvalue weighted by molar-refractivity contribution is 9.10. The van der Waals surface area contributed by atoms with Gasteiger partial charge in [0.1, 0.15) is 6.54 Å². The average molecular weight is 353 g/mol. The van der Waals surface area contributed by atoms with E-state index in [9.17, 15) is 9.59 Å². The van der Waals surface area contributed by atoms with Gasteiger partial charge in [-0.05, 0) is 37.1 Å². The highest BCUT2D eigenvalue weighted by Crippen LogP contribution is 2.25. The van der Waals surface area contributed by atoms with E-state index in [4.69, 9.17) is 5.11 Å². The van der Waals surface area contributed by atoms with Gasteiger partial charge in [0.15, 0.2) is 5.69 Å². The van der Waals surface area contributed by atoms with E-state index in [2.05, 4.69) is 31.6 Å². The van der Waals surface area contributed by atoms with Crippen molar-refractivity contribution in [3.8, 4) is 0 Å². The molecule has 0 aliphatic carbocycles. The number of rotatable bonds is 4. The molecule has 0 aliphatic heterocycles. The number of aromatic nitrogens is 3. The van der Waals surface area contributed by atoms with Gasteiger partial charge in [-0.25, -0.2) is 4.68 Å². The van der Waals surface area contributed by atoms with Crippen molar-refractivity contribution in [1.82, 2.24) is 15.0 Å². The lowest BCUT2D eigenvalue weighted by Gasteiger charge is -2.11. The molecular weight excluding hydrogens is 340 g/mol. The van der Waals surface area contributed by atoms with E-state index in [0.717, 1.165) is 20.3 Å². The van der Waals surface area contributed by atoms with Crippen molar-refractivity contribution in [2.75, 3.05) is 5.32 Å². The predicted molar refractivity (Wildman–Crippen MR) is 79.2 cm³/mol. The van der Waals surface area contributed by atoms with Gasteiger partial charge in [-0.1, -0.05) is 21.1 Å². The third kappa shape index (κ3) is 3.66. The number of aliphatic carboxylic acids is 1. The first kappa shape index (κ1) is 15.2. The molecule has 0 radical (unpaired) electrons. The molecule has 8 heteroatoms. The quantitative estimate of drug-likeness (QED) is 0.876. The van der Waals surface area contributed by atoms with Gasteiger partial charge in [-0.3, -0.25) is 9.59 Å². The summed E-state index contributed by atoms with van der Waals surface area (Å²) < 4.78 is 2.03. The Morgan fingerprint density at radius 3 is 2.52 bits per heavy atom. The molecule has 2 rings (SSSR count). The minimum absolute atomic E-state index is 0.0676. The van der Waals surface area contributed by atoms with Crippen molar-refractivity contribution in [2.24, 2.45) is 0 Å². The zero-order chi connectivity index (χ0) is 15.6. The van der Waals surface area contributed by atoms with Gasteiger partial charge < -0.3 is 10.4 Å². The molecule has 1 aromatic heterocycles. The Balaban J connectivity index is 2.18. The monoisotopic (exact) mass is 352 g/mol. The molecule has 0 atom stereocenters. The number of amides is 1. The number of anilines is 1. The van der Waals surface area contributed by atoms with Crippen molar-refractivity contribution in [3.05, 3.63) is 39.6 Å². The molecule has 1 amide bonds. The summed E-state index contributed by atoms with van der Waals surface area (Å²) in [6, 6.07) is 3.79. The van der Waals surface area contributed by atoms with Gasteiger partial charge in [-0.2, -0.15) is 0 Å². The highest BCUT2D eigenvalue weighted by Gasteiger charge is 2.14. The number of benzene rings is 1. The fourth-order valence-electron chi connectivity index (χ4n) is 1.90. The van der Waals surface area contributed by atoms with Crippen LogP contribution in [0.3, 0.4) is 0 Å². The summed E-state index contributed by atoms with van der Waals surface area (Å²) in [4.78, 5) is 22.7. The third-order valence-corrected chi connectivity index (χ3v) is 3.26. The molecular formula is C13H13BrN4O3. The van der Waals surface area contributed by atoms with Gasteiger partial charge >= 0.3 is 5.97 Å². The van der Waals surface area contributed by atoms with Crippen molar-refractivity contribution < 1.29 is 14.7 Å². The molecule has 0 fully saturated rings. The van der Waals surface area contributed by atoms with E-state index in [1.165, 1.54) is 6.20 Å². The number of carboxylic acid groups (broad SMARTS) is 1. The number of carboxylic acids is 1. The summed E-state index contributed by atoms with van der Waals surface area (Å²) in [6.45, 7) is 3.43. The van der Waals surface area contributed by atoms with Crippen LogP contribution in [0.1, 0.15) is 21.6 Å². The van der Waals surface area contributed by atoms with Crippen LogP contribution >= 0.6 is 15.9 Å². The Hall–Kier alpha value is -2.22. The van der Waals surface area contributed by atoms with Crippen LogP contribution in [-0.2, 0) is 11.3 Å². The number of carbonyl (C=O) groups excluding carboxylic acids is 1. The average Bonchev–Trinajstić information content (AvgIpc) is 2.81. The summed E-state index contributed by atoms with van der Waals surface area (Å²) in [5.41, 5.74) is 2.59. The number of halogens is 1. The van der Waals surface area contributed by atoms with E-state index in [1.807, 2.05) is 26.0 Å². The van der Waals surface area contributed by atoms with Crippen LogP contribution in [0.2, 0.25) is 0 Å². The molecule has 0 unspecified atom stereocenters. The Labute approximate surface area is 129 Å². The van der Waals surface area contributed by atoms with E-state index in [0.29, 0.717) is 5.69 Å². The van der Waals surface area contributed by atoms with Crippen LogP contribution in [0, 0.1) is 13.8 Å². The maximum absolute atomic E-state index is 12.1. The first-order valence-corrected chi connectivity index (χ1v) is 6.86. The summed E-state index contributed by atoms with van der Waals surface area (Å²) in [6.07, 6.45) is 1.30. The highest BCUT2D eigenvalue weighted by atomic mass is 79.9. The molecule has 1 aromatic carbocycles. The maximum Gasteiger partial charge on any atom is 0.325 e. The van der Waals surface area contributed by atoms with Crippen molar-refractivity contribution in [2.45, 2.75) is 20.4 Å². The molecule has 21 heavy (non-hydrogen) atoms. The maximum atomic E-state index is 12.1. The molecule has 0 spiro atoms. The van der Waals surface area contributed by atoms with E-state index in [1.54, 1.807) is 0 Å². The van der Waals surface area contributed by atoms with E-state index < -0.39 is 11.9 Å². The molecule has 0 saturated heterocycles. The van der Waals surface area contributed by atoms with Crippen molar-refractivity contribution >= 4 is 33.5 Å². The number of nitrogens with zero attached hydrogens (tertiary/aromatic N) is 3. The molecule has 110 valence electrons. The predicted octanol–water partition coefficient (Wildman–Crippen LogP) is 1.99. The molecule has 7 nitrogen and oxygen atoms in total. The second-order valence-electron chi connectivity index (χ2n) is 4.56. The first-order valence-electron chi connectivity index (χ1n) is 6.07. The lowest BCUT2D eigenvalue weighted by Crippen LogP contribution is -2.14. The number of hydrogen-bond acceptors (Lipinski definition) is 4. The standard InChI is InChI=1S/C13H13BrN4O3/c1-7-3-9(14)4-8(2)12(7)15-13(21)10-5-18(17-16-10)6-11(19)20/h3-5H,6H2,1-2H3,(H,15,21)(H,19,20). The molecule has 0 saturated carbocycles. The largest absolute Gasteiger partial charge is 0.480 e. The molecule has 0 bridgehead atoms. The Morgan fingerprint density at radius 2 is 1.95 bits per heavy atom. The van der Waals surface area contributed by atoms with Gasteiger partial charge in [0.2, 0.25) is 0 Å². The van der Waals surface area contributed by atoms with E-state index in [-0.39, 0.29) is 12.2 Å². The van der Waals surface area contributed by atoms with Gasteiger partial charge in [-0.15, -0.1) is 5.10 Å². The van der Waals surface area contributed by atoms with Crippen molar-refractivity contribution in [3.63, 3.8) is 0 Å².